The number of nitrogens with one attached hydrogen (secondary N) is 2. The lowest BCUT2D eigenvalue weighted by atomic mass is 9.87. The zero-order valence-corrected chi connectivity index (χ0v) is 16.3. The molecule has 27 heavy (non-hydrogen) atoms. The maximum absolute atomic E-state index is 12.9. The smallest absolute Gasteiger partial charge is 0.270 e. The van der Waals surface area contributed by atoms with Crippen molar-refractivity contribution in [1.82, 2.24) is 20.2 Å². The maximum atomic E-state index is 12.9. The quantitative estimate of drug-likeness (QED) is 0.666. The van der Waals surface area contributed by atoms with E-state index in [0.29, 0.717) is 5.70 Å². The minimum Gasteiger partial charge on any atom is -0.394 e. The number of hydrogen-bond acceptors (Lipinski definition) is 5. The molecule has 7 nitrogen and oxygen atoms in total. The Labute approximate surface area is 161 Å². The summed E-state index contributed by atoms with van der Waals surface area (Å²) in [5.74, 6) is -0.0110. The fraction of sp³-hybridized carbons (Fsp3) is 0.650. The lowest BCUT2D eigenvalue weighted by molar-refractivity contribution is -0.128. The molecule has 1 unspecified atom stereocenters. The molecule has 1 aromatic heterocycles. The van der Waals surface area contributed by atoms with Gasteiger partial charge in [-0.2, -0.15) is 0 Å². The Morgan fingerprint density at radius 2 is 2.22 bits per heavy atom. The predicted octanol–water partition coefficient (Wildman–Crippen LogP) is 2.13. The summed E-state index contributed by atoms with van der Waals surface area (Å²) in [7, 11) is 0. The van der Waals surface area contributed by atoms with E-state index < -0.39 is 0 Å². The third kappa shape index (κ3) is 5.19. The summed E-state index contributed by atoms with van der Waals surface area (Å²) in [4.78, 5) is 26.7. The molecule has 4 N–H and O–H groups in total. The number of amides is 1. The third-order valence-corrected chi connectivity index (χ3v) is 5.39. The monoisotopic (exact) mass is 372 g/mol. The summed E-state index contributed by atoms with van der Waals surface area (Å²) in [6.45, 7) is 5.27. The summed E-state index contributed by atoms with van der Waals surface area (Å²) in [6, 6.07) is 0.289. The van der Waals surface area contributed by atoms with Crippen LogP contribution in [0.15, 0.2) is 28.8 Å². The van der Waals surface area contributed by atoms with Crippen molar-refractivity contribution in [3.05, 3.63) is 29.5 Å². The van der Waals surface area contributed by atoms with Crippen LogP contribution in [0.2, 0.25) is 0 Å². The van der Waals surface area contributed by atoms with Gasteiger partial charge in [0.05, 0.1) is 6.33 Å². The highest BCUT2D eigenvalue weighted by atomic mass is 16.2. The first-order valence-electron chi connectivity index (χ1n) is 10.2. The van der Waals surface area contributed by atoms with Gasteiger partial charge in [0.15, 0.2) is 0 Å². The molecule has 1 atom stereocenters. The number of rotatable bonds is 6. The van der Waals surface area contributed by atoms with Crippen molar-refractivity contribution >= 4 is 11.6 Å². The topological polar surface area (TPSA) is 99.4 Å². The van der Waals surface area contributed by atoms with Crippen LogP contribution < -0.4 is 11.1 Å². The molecule has 1 amide bonds. The summed E-state index contributed by atoms with van der Waals surface area (Å²) < 4.78 is 0. The Hall–Kier alpha value is -2.15. The van der Waals surface area contributed by atoms with Gasteiger partial charge in [0.2, 0.25) is 0 Å². The zero-order chi connectivity index (χ0) is 19.1. The van der Waals surface area contributed by atoms with Crippen molar-refractivity contribution in [2.75, 3.05) is 19.6 Å². The second-order valence-electron chi connectivity index (χ2n) is 7.47. The SMILES string of the molecule is CCCN=C1CCC(NCc2cnc[nH]2)C/C1=C(/N)C(=O)N1CCCCC1. The highest BCUT2D eigenvalue weighted by Crippen LogP contribution is 2.25. The van der Waals surface area contributed by atoms with Crippen LogP contribution in [0.1, 0.15) is 57.6 Å². The van der Waals surface area contributed by atoms with Gasteiger partial charge in [-0.25, -0.2) is 4.98 Å². The van der Waals surface area contributed by atoms with Crippen molar-refractivity contribution in [2.45, 2.75) is 64.5 Å². The fourth-order valence-electron chi connectivity index (χ4n) is 3.82. The van der Waals surface area contributed by atoms with Gasteiger partial charge in [0.25, 0.3) is 5.91 Å². The molecule has 3 rings (SSSR count). The third-order valence-electron chi connectivity index (χ3n) is 5.39. The van der Waals surface area contributed by atoms with Crippen LogP contribution in [0.4, 0.5) is 0 Å². The summed E-state index contributed by atoms with van der Waals surface area (Å²) in [6.07, 6.45) is 10.5. The first-order chi connectivity index (χ1) is 13.2. The van der Waals surface area contributed by atoms with Crippen LogP contribution in [0.25, 0.3) is 0 Å². The van der Waals surface area contributed by atoms with E-state index in [1.807, 2.05) is 11.1 Å². The second-order valence-corrected chi connectivity index (χ2v) is 7.47. The van der Waals surface area contributed by atoms with Crippen LogP contribution in [-0.4, -0.2) is 52.2 Å². The Balaban J connectivity index is 1.73. The number of aromatic nitrogens is 2. The van der Waals surface area contributed by atoms with Crippen LogP contribution in [0, 0.1) is 0 Å². The highest BCUT2D eigenvalue weighted by Gasteiger charge is 2.28. The van der Waals surface area contributed by atoms with E-state index in [1.54, 1.807) is 6.33 Å². The maximum Gasteiger partial charge on any atom is 0.270 e. The normalized spacial score (nSPS) is 24.3. The molecule has 148 valence electrons. The number of aliphatic imine (C=N–C) groups is 1. The average molecular weight is 373 g/mol. The molecular weight excluding hydrogens is 340 g/mol. The summed E-state index contributed by atoms with van der Waals surface area (Å²) >= 11 is 0. The van der Waals surface area contributed by atoms with E-state index >= 15 is 0 Å². The number of aromatic amines is 1. The predicted molar refractivity (Wildman–Crippen MR) is 107 cm³/mol. The average Bonchev–Trinajstić information content (AvgIpc) is 3.24. The standard InChI is InChI=1S/C20H32N6O/c1-2-8-23-18-7-6-15(24-13-16-12-22-14-25-16)11-17(18)19(21)20(27)26-9-4-3-5-10-26/h12,14-15,24H,2-11,13,21H2,1H3,(H,22,25)/b19-17-,23-18?. The molecule has 1 saturated carbocycles. The van der Waals surface area contributed by atoms with Gasteiger partial charge in [-0.05, 0) is 44.9 Å². The van der Waals surface area contributed by atoms with E-state index in [1.165, 1.54) is 6.42 Å². The Kier molecular flexibility index (Phi) is 7.04. The van der Waals surface area contributed by atoms with Crippen molar-refractivity contribution in [1.29, 1.82) is 0 Å². The Morgan fingerprint density at radius 3 is 2.93 bits per heavy atom. The number of imidazole rings is 1. The van der Waals surface area contributed by atoms with E-state index in [4.69, 9.17) is 10.7 Å². The summed E-state index contributed by atoms with van der Waals surface area (Å²) in [5, 5.41) is 3.56. The first kappa shape index (κ1) is 19.6. The molecule has 0 aromatic carbocycles. The minimum atomic E-state index is -0.0110. The molecular formula is C20H32N6O. The largest absolute Gasteiger partial charge is 0.394 e. The number of H-pyrrole nitrogens is 1. The van der Waals surface area contributed by atoms with Gasteiger partial charge in [0, 0.05) is 55.4 Å². The molecule has 1 aliphatic carbocycles. The van der Waals surface area contributed by atoms with Crippen molar-refractivity contribution in [2.24, 2.45) is 10.7 Å². The number of likely N-dealkylation sites (tertiary alicyclic amines) is 1. The number of nitrogens with zero attached hydrogens (tertiary/aromatic N) is 3. The van der Waals surface area contributed by atoms with Crippen molar-refractivity contribution in [3.63, 3.8) is 0 Å². The summed E-state index contributed by atoms with van der Waals surface area (Å²) in [5.41, 5.74) is 9.84. The van der Waals surface area contributed by atoms with E-state index in [-0.39, 0.29) is 11.9 Å². The van der Waals surface area contributed by atoms with Gasteiger partial charge < -0.3 is 20.9 Å². The molecule has 2 aliphatic rings. The van der Waals surface area contributed by atoms with E-state index in [2.05, 4.69) is 22.2 Å². The van der Waals surface area contributed by atoms with Crippen LogP contribution in [0.5, 0.6) is 0 Å². The molecule has 1 aromatic rings. The van der Waals surface area contributed by atoms with E-state index in [9.17, 15) is 4.79 Å². The first-order valence-corrected chi connectivity index (χ1v) is 10.2. The minimum absolute atomic E-state index is 0.0110. The zero-order valence-electron chi connectivity index (χ0n) is 16.3. The number of piperidine rings is 1. The number of nitrogens with two attached hydrogens (primary N) is 1. The fourth-order valence-corrected chi connectivity index (χ4v) is 3.82. The molecule has 1 aliphatic heterocycles. The van der Waals surface area contributed by atoms with Gasteiger partial charge in [-0.3, -0.25) is 9.79 Å². The molecule has 2 heterocycles. The highest BCUT2D eigenvalue weighted by molar-refractivity contribution is 6.08. The van der Waals surface area contributed by atoms with Gasteiger partial charge >= 0.3 is 0 Å². The Morgan fingerprint density at radius 1 is 1.41 bits per heavy atom. The van der Waals surface area contributed by atoms with Crippen LogP contribution >= 0.6 is 0 Å². The van der Waals surface area contributed by atoms with Gasteiger partial charge in [-0.1, -0.05) is 6.92 Å². The number of carbonyl (C=O) groups is 1. The lowest BCUT2D eigenvalue weighted by Gasteiger charge is -2.31. The molecule has 7 heteroatoms. The van der Waals surface area contributed by atoms with Gasteiger partial charge in [-0.15, -0.1) is 0 Å². The molecule has 0 bridgehead atoms. The number of carbonyl (C=O) groups excluding carboxylic acids is 1. The molecule has 1 saturated heterocycles. The van der Waals surface area contributed by atoms with Crippen molar-refractivity contribution < 1.29 is 4.79 Å². The number of hydrogen-bond donors (Lipinski definition) is 3. The molecule has 0 radical (unpaired) electrons. The Bertz CT molecular complexity index is 673. The van der Waals surface area contributed by atoms with Crippen LogP contribution in [-0.2, 0) is 11.3 Å². The lowest BCUT2D eigenvalue weighted by Crippen LogP contribution is -2.41. The van der Waals surface area contributed by atoms with Crippen molar-refractivity contribution in [3.8, 4) is 0 Å². The van der Waals surface area contributed by atoms with E-state index in [0.717, 1.165) is 81.7 Å². The molecule has 0 spiro atoms. The second kappa shape index (κ2) is 9.69. The molecule has 2 fully saturated rings. The van der Waals surface area contributed by atoms with Gasteiger partial charge in [0.1, 0.15) is 5.70 Å². The van der Waals surface area contributed by atoms with Crippen LogP contribution in [0.3, 0.4) is 0 Å².